The zero-order valence-corrected chi connectivity index (χ0v) is 7.86. The molecule has 14 heavy (non-hydrogen) atoms. The van der Waals surface area contributed by atoms with Crippen LogP contribution in [0, 0.1) is 0 Å². The van der Waals surface area contributed by atoms with E-state index in [1.807, 2.05) is 43.3 Å². The van der Waals surface area contributed by atoms with Crippen LogP contribution >= 0.6 is 0 Å². The van der Waals surface area contributed by atoms with Crippen molar-refractivity contribution in [2.45, 2.75) is 18.6 Å². The van der Waals surface area contributed by atoms with E-state index in [0.717, 1.165) is 11.1 Å². The van der Waals surface area contributed by atoms with Gasteiger partial charge in [-0.25, -0.2) is 0 Å². The molecular weight excluding hydrogens is 176 g/mol. The van der Waals surface area contributed by atoms with Crippen LogP contribution in [0.25, 0.3) is 6.08 Å². The Morgan fingerprint density at radius 3 is 2.79 bits per heavy atom. The third-order valence-corrected chi connectivity index (χ3v) is 2.99. The number of ether oxygens (including phenoxy) is 1. The number of hydrogen-bond donors (Lipinski definition) is 0. The van der Waals surface area contributed by atoms with Crippen LogP contribution in [0.1, 0.15) is 22.8 Å². The summed E-state index contributed by atoms with van der Waals surface area (Å²) in [4.78, 5) is 12.0. The molecule has 1 spiro atoms. The molecule has 2 atom stereocenters. The highest BCUT2D eigenvalue weighted by Gasteiger charge is 2.59. The first kappa shape index (κ1) is 7.94. The first-order valence-corrected chi connectivity index (χ1v) is 4.75. The van der Waals surface area contributed by atoms with Crippen molar-refractivity contribution in [2.24, 2.45) is 0 Å². The predicted molar refractivity (Wildman–Crippen MR) is 53.1 cm³/mol. The summed E-state index contributed by atoms with van der Waals surface area (Å²) < 4.78 is 5.38. The second-order valence-corrected chi connectivity index (χ2v) is 3.80. The van der Waals surface area contributed by atoms with Crippen LogP contribution < -0.4 is 0 Å². The molecular formula is C12H10O2. The van der Waals surface area contributed by atoms with E-state index in [2.05, 4.69) is 0 Å². The van der Waals surface area contributed by atoms with Crippen LogP contribution in [0.2, 0.25) is 0 Å². The highest BCUT2D eigenvalue weighted by Crippen LogP contribution is 2.44. The summed E-state index contributed by atoms with van der Waals surface area (Å²) in [6.07, 6.45) is 3.88. The summed E-state index contributed by atoms with van der Waals surface area (Å²) >= 11 is 0. The molecule has 1 saturated heterocycles. The molecule has 0 radical (unpaired) electrons. The number of hydrogen-bond acceptors (Lipinski definition) is 2. The normalized spacial score (nSPS) is 33.2. The minimum absolute atomic E-state index is 0.0274. The number of Topliss-reactive ketones (excluding diaryl/α,β-unsaturated/α-hetero) is 1. The number of carbonyl (C=O) groups is 1. The highest BCUT2D eigenvalue weighted by atomic mass is 16.6. The zero-order valence-electron chi connectivity index (χ0n) is 7.86. The predicted octanol–water partition coefficient (Wildman–Crippen LogP) is 2.05. The number of rotatable bonds is 0. The van der Waals surface area contributed by atoms with E-state index in [1.165, 1.54) is 0 Å². The monoisotopic (exact) mass is 186 g/mol. The summed E-state index contributed by atoms with van der Waals surface area (Å²) in [7, 11) is 0. The maximum atomic E-state index is 12.0. The lowest BCUT2D eigenvalue weighted by Gasteiger charge is -2.14. The zero-order chi connectivity index (χ0) is 9.76. The first-order valence-electron chi connectivity index (χ1n) is 4.75. The number of epoxide rings is 1. The Hall–Kier alpha value is -1.41. The lowest BCUT2D eigenvalue weighted by atomic mass is 9.86. The number of benzene rings is 1. The fourth-order valence-corrected chi connectivity index (χ4v) is 2.02. The maximum absolute atomic E-state index is 12.0. The minimum Gasteiger partial charge on any atom is -0.353 e. The molecule has 0 unspecified atom stereocenters. The Morgan fingerprint density at radius 2 is 2.07 bits per heavy atom. The molecule has 1 fully saturated rings. The van der Waals surface area contributed by atoms with Gasteiger partial charge < -0.3 is 4.74 Å². The summed E-state index contributed by atoms with van der Waals surface area (Å²) in [5, 5.41) is 0. The smallest absolute Gasteiger partial charge is 0.201 e. The van der Waals surface area contributed by atoms with Crippen LogP contribution in [0.15, 0.2) is 30.3 Å². The van der Waals surface area contributed by atoms with Crippen molar-refractivity contribution in [3.8, 4) is 0 Å². The van der Waals surface area contributed by atoms with Crippen LogP contribution in [0.4, 0.5) is 0 Å². The van der Waals surface area contributed by atoms with Crippen LogP contribution in [-0.4, -0.2) is 17.5 Å². The number of carbonyl (C=O) groups excluding carboxylic acids is 1. The van der Waals surface area contributed by atoms with Gasteiger partial charge in [0.15, 0.2) is 5.60 Å². The summed E-state index contributed by atoms with van der Waals surface area (Å²) in [6, 6.07) is 7.63. The Labute approximate surface area is 82.2 Å². The molecule has 2 heteroatoms. The Balaban J connectivity index is 2.16. The van der Waals surface area contributed by atoms with E-state index in [4.69, 9.17) is 4.74 Å². The molecule has 0 N–H and O–H groups in total. The molecule has 3 rings (SSSR count). The van der Waals surface area contributed by atoms with Crippen LogP contribution in [0.3, 0.4) is 0 Å². The van der Waals surface area contributed by atoms with Gasteiger partial charge in [0.25, 0.3) is 0 Å². The van der Waals surface area contributed by atoms with Crippen molar-refractivity contribution >= 4 is 11.9 Å². The quantitative estimate of drug-likeness (QED) is 0.580. The molecule has 1 heterocycles. The van der Waals surface area contributed by atoms with E-state index in [1.54, 1.807) is 0 Å². The van der Waals surface area contributed by atoms with Gasteiger partial charge in [-0.05, 0) is 18.6 Å². The minimum atomic E-state index is -0.631. The Morgan fingerprint density at radius 1 is 1.36 bits per heavy atom. The van der Waals surface area contributed by atoms with Crippen molar-refractivity contribution in [1.29, 1.82) is 0 Å². The molecule has 1 aliphatic heterocycles. The second-order valence-electron chi connectivity index (χ2n) is 3.80. The van der Waals surface area contributed by atoms with Gasteiger partial charge in [-0.15, -0.1) is 0 Å². The topological polar surface area (TPSA) is 29.6 Å². The fourth-order valence-electron chi connectivity index (χ4n) is 2.02. The van der Waals surface area contributed by atoms with E-state index in [-0.39, 0.29) is 11.9 Å². The van der Waals surface area contributed by atoms with Crippen molar-refractivity contribution < 1.29 is 9.53 Å². The van der Waals surface area contributed by atoms with Crippen molar-refractivity contribution in [2.75, 3.05) is 0 Å². The standard InChI is InChI=1S/C12H10O2/c1-8-12(14-8)7-6-9-4-2-3-5-10(9)11(12)13/h2-8H,1H3/t8-,12+/m0/s1. The van der Waals surface area contributed by atoms with Crippen molar-refractivity contribution in [3.05, 3.63) is 41.5 Å². The summed E-state index contributed by atoms with van der Waals surface area (Å²) in [5.74, 6) is 0.100. The van der Waals surface area contributed by atoms with Gasteiger partial charge in [0, 0.05) is 5.56 Å². The molecule has 1 aliphatic carbocycles. The van der Waals surface area contributed by atoms with E-state index in [9.17, 15) is 4.79 Å². The van der Waals surface area contributed by atoms with Crippen molar-refractivity contribution in [1.82, 2.24) is 0 Å². The van der Waals surface area contributed by atoms with Gasteiger partial charge in [0.05, 0.1) is 6.10 Å². The first-order chi connectivity index (χ1) is 6.74. The molecule has 0 aromatic heterocycles. The van der Waals surface area contributed by atoms with Gasteiger partial charge in [0.2, 0.25) is 5.78 Å². The maximum Gasteiger partial charge on any atom is 0.201 e. The molecule has 1 aromatic rings. The SMILES string of the molecule is C[C@@H]1O[C@]12C=Cc1ccccc1C2=O. The Kier molecular flexibility index (Phi) is 1.33. The molecule has 70 valence electrons. The van der Waals surface area contributed by atoms with Crippen LogP contribution in [0.5, 0.6) is 0 Å². The lowest BCUT2D eigenvalue weighted by molar-refractivity contribution is 0.0907. The largest absolute Gasteiger partial charge is 0.353 e. The van der Waals surface area contributed by atoms with E-state index >= 15 is 0 Å². The van der Waals surface area contributed by atoms with E-state index < -0.39 is 5.60 Å². The highest BCUT2D eigenvalue weighted by molar-refractivity contribution is 6.11. The number of fused-ring (bicyclic) bond motifs is 1. The molecule has 2 nitrogen and oxygen atoms in total. The summed E-state index contributed by atoms with van der Waals surface area (Å²) in [5.41, 5.74) is 1.14. The van der Waals surface area contributed by atoms with Gasteiger partial charge in [0.1, 0.15) is 0 Å². The number of ketones is 1. The molecule has 0 bridgehead atoms. The average Bonchev–Trinajstić information content (AvgIpc) is 2.86. The molecule has 2 aliphatic rings. The third-order valence-electron chi connectivity index (χ3n) is 2.99. The Bertz CT molecular complexity index is 447. The molecule has 0 saturated carbocycles. The second kappa shape index (κ2) is 2.34. The van der Waals surface area contributed by atoms with E-state index in [0.29, 0.717) is 0 Å². The van der Waals surface area contributed by atoms with Gasteiger partial charge in [-0.2, -0.15) is 0 Å². The van der Waals surface area contributed by atoms with Gasteiger partial charge >= 0.3 is 0 Å². The third kappa shape index (κ3) is 0.814. The fraction of sp³-hybridized carbons (Fsp3) is 0.250. The molecule has 0 amide bonds. The summed E-state index contributed by atoms with van der Waals surface area (Å²) in [6.45, 7) is 1.93. The van der Waals surface area contributed by atoms with Gasteiger partial charge in [-0.3, -0.25) is 4.79 Å². The van der Waals surface area contributed by atoms with Crippen LogP contribution in [-0.2, 0) is 4.74 Å². The molecule has 1 aromatic carbocycles. The van der Waals surface area contributed by atoms with Gasteiger partial charge in [-0.1, -0.05) is 30.3 Å². The lowest BCUT2D eigenvalue weighted by Crippen LogP contribution is -2.27. The van der Waals surface area contributed by atoms with Crippen molar-refractivity contribution in [3.63, 3.8) is 0 Å². The average molecular weight is 186 g/mol.